The van der Waals surface area contributed by atoms with Gasteiger partial charge in [-0.25, -0.2) is 0 Å². The van der Waals surface area contributed by atoms with E-state index in [1.807, 2.05) is 6.07 Å². The first-order chi connectivity index (χ1) is 10.1. The van der Waals surface area contributed by atoms with Crippen molar-refractivity contribution in [1.29, 1.82) is 0 Å². The van der Waals surface area contributed by atoms with Crippen molar-refractivity contribution < 1.29 is 9.47 Å². The molecule has 0 bridgehead atoms. The van der Waals surface area contributed by atoms with Crippen molar-refractivity contribution in [2.24, 2.45) is 0 Å². The Morgan fingerprint density at radius 2 is 1.67 bits per heavy atom. The van der Waals surface area contributed by atoms with E-state index in [9.17, 15) is 0 Å². The van der Waals surface area contributed by atoms with E-state index in [1.165, 1.54) is 16.7 Å². The minimum absolute atomic E-state index is 0.169. The molecule has 21 heavy (non-hydrogen) atoms. The Kier molecular flexibility index (Phi) is 6.27. The molecule has 112 valence electrons. The molecule has 1 atom stereocenters. The van der Waals surface area contributed by atoms with Gasteiger partial charge in [0.25, 0.3) is 0 Å². The molecular formula is C17H18Br2O2. The van der Waals surface area contributed by atoms with Crippen LogP contribution in [0, 0.1) is 6.92 Å². The largest absolute Gasteiger partial charge is 0.490 e. The van der Waals surface area contributed by atoms with Crippen molar-refractivity contribution in [2.75, 3.05) is 20.3 Å². The van der Waals surface area contributed by atoms with Gasteiger partial charge in [0.2, 0.25) is 0 Å². The first-order valence-electron chi connectivity index (χ1n) is 6.73. The molecular weight excluding hydrogens is 396 g/mol. The molecule has 0 aliphatic carbocycles. The van der Waals surface area contributed by atoms with E-state index >= 15 is 0 Å². The molecule has 2 nitrogen and oxygen atoms in total. The third kappa shape index (κ3) is 4.56. The average molecular weight is 414 g/mol. The standard InChI is InChI=1S/C17H18Br2O2/c1-12-3-5-13(6-4-12)17(19)14-7-8-16(15(18)11-14)21-10-9-20-2/h3-8,11,17H,9-10H2,1-2H3. The van der Waals surface area contributed by atoms with Crippen LogP contribution in [0.2, 0.25) is 0 Å². The molecule has 0 saturated carbocycles. The van der Waals surface area contributed by atoms with E-state index in [4.69, 9.17) is 9.47 Å². The normalized spacial score (nSPS) is 12.2. The van der Waals surface area contributed by atoms with Gasteiger partial charge in [-0.1, -0.05) is 51.8 Å². The summed E-state index contributed by atoms with van der Waals surface area (Å²) in [5.74, 6) is 0.833. The highest BCUT2D eigenvalue weighted by molar-refractivity contribution is 9.10. The zero-order valence-corrected chi connectivity index (χ0v) is 15.3. The molecule has 1 unspecified atom stereocenters. The summed E-state index contributed by atoms with van der Waals surface area (Å²) in [5.41, 5.74) is 3.69. The van der Waals surface area contributed by atoms with E-state index in [-0.39, 0.29) is 4.83 Å². The summed E-state index contributed by atoms with van der Waals surface area (Å²) >= 11 is 7.32. The van der Waals surface area contributed by atoms with Crippen LogP contribution >= 0.6 is 31.9 Å². The Hall–Kier alpha value is -0.840. The molecule has 2 aromatic carbocycles. The molecule has 0 fully saturated rings. The molecule has 2 rings (SSSR count). The van der Waals surface area contributed by atoms with Crippen LogP contribution < -0.4 is 4.74 Å². The Morgan fingerprint density at radius 1 is 1.00 bits per heavy atom. The van der Waals surface area contributed by atoms with Crippen molar-refractivity contribution >= 4 is 31.9 Å². The number of halogens is 2. The molecule has 0 aromatic heterocycles. The second-order valence-electron chi connectivity index (χ2n) is 4.80. The second kappa shape index (κ2) is 7.97. The van der Waals surface area contributed by atoms with Crippen LogP contribution in [0.25, 0.3) is 0 Å². The molecule has 0 amide bonds. The lowest BCUT2D eigenvalue weighted by Crippen LogP contribution is -2.05. The van der Waals surface area contributed by atoms with Crippen LogP contribution in [0.5, 0.6) is 5.75 Å². The average Bonchev–Trinajstić information content (AvgIpc) is 2.49. The fraction of sp³-hybridized carbons (Fsp3) is 0.294. The van der Waals surface area contributed by atoms with Crippen LogP contribution in [0.3, 0.4) is 0 Å². The highest BCUT2D eigenvalue weighted by Gasteiger charge is 2.12. The Bertz CT molecular complexity index is 582. The summed E-state index contributed by atoms with van der Waals surface area (Å²) in [5, 5.41) is 0. The molecule has 0 heterocycles. The molecule has 4 heteroatoms. The number of ether oxygens (including phenoxy) is 2. The van der Waals surface area contributed by atoms with Gasteiger partial charge in [-0.2, -0.15) is 0 Å². The molecule has 0 aliphatic heterocycles. The number of hydrogen-bond donors (Lipinski definition) is 0. The Labute approximate surface area is 142 Å². The van der Waals surface area contributed by atoms with Gasteiger partial charge in [-0.15, -0.1) is 0 Å². The first kappa shape index (κ1) is 16.5. The molecule has 0 saturated heterocycles. The van der Waals surface area contributed by atoms with Crippen LogP contribution in [0.4, 0.5) is 0 Å². The molecule has 0 N–H and O–H groups in total. The van der Waals surface area contributed by atoms with Crippen molar-refractivity contribution in [2.45, 2.75) is 11.8 Å². The zero-order chi connectivity index (χ0) is 15.2. The highest BCUT2D eigenvalue weighted by Crippen LogP contribution is 2.35. The van der Waals surface area contributed by atoms with E-state index in [2.05, 4.69) is 75.2 Å². The fourth-order valence-electron chi connectivity index (χ4n) is 1.95. The summed E-state index contributed by atoms with van der Waals surface area (Å²) in [6, 6.07) is 14.7. The van der Waals surface area contributed by atoms with Crippen molar-refractivity contribution in [3.05, 3.63) is 63.6 Å². The van der Waals surface area contributed by atoms with Crippen molar-refractivity contribution in [1.82, 2.24) is 0 Å². The van der Waals surface area contributed by atoms with Gasteiger partial charge < -0.3 is 9.47 Å². The third-order valence-corrected chi connectivity index (χ3v) is 4.84. The van der Waals surface area contributed by atoms with Gasteiger partial charge in [0.15, 0.2) is 0 Å². The lowest BCUT2D eigenvalue weighted by Gasteiger charge is -2.14. The van der Waals surface area contributed by atoms with Gasteiger partial charge in [-0.3, -0.25) is 0 Å². The Morgan fingerprint density at radius 3 is 2.29 bits per heavy atom. The monoisotopic (exact) mass is 412 g/mol. The number of aryl methyl sites for hydroxylation is 1. The van der Waals surface area contributed by atoms with Gasteiger partial charge in [0.1, 0.15) is 12.4 Å². The molecule has 0 aliphatic rings. The molecule has 0 radical (unpaired) electrons. The predicted molar refractivity (Wildman–Crippen MR) is 93.5 cm³/mol. The summed E-state index contributed by atoms with van der Waals surface area (Å²) in [7, 11) is 1.67. The van der Waals surface area contributed by atoms with E-state index < -0.39 is 0 Å². The highest BCUT2D eigenvalue weighted by atomic mass is 79.9. The van der Waals surface area contributed by atoms with Gasteiger partial charge in [0, 0.05) is 7.11 Å². The quantitative estimate of drug-likeness (QED) is 0.474. The van der Waals surface area contributed by atoms with E-state index in [0.717, 1.165) is 10.2 Å². The smallest absolute Gasteiger partial charge is 0.133 e. The minimum atomic E-state index is 0.169. The molecule has 0 spiro atoms. The third-order valence-electron chi connectivity index (χ3n) is 3.16. The maximum absolute atomic E-state index is 5.65. The van der Waals surface area contributed by atoms with Gasteiger partial charge >= 0.3 is 0 Å². The predicted octanol–water partition coefficient (Wildman–Crippen LogP) is 5.27. The number of alkyl halides is 1. The SMILES string of the molecule is COCCOc1ccc(C(Br)c2ccc(C)cc2)cc1Br. The van der Waals surface area contributed by atoms with E-state index in [0.29, 0.717) is 13.2 Å². The summed E-state index contributed by atoms with van der Waals surface area (Å²) in [6.07, 6.45) is 0. The Balaban J connectivity index is 2.13. The van der Waals surface area contributed by atoms with Crippen molar-refractivity contribution in [3.8, 4) is 5.75 Å². The zero-order valence-electron chi connectivity index (χ0n) is 12.1. The number of methoxy groups -OCH3 is 1. The van der Waals surface area contributed by atoms with Crippen LogP contribution in [-0.4, -0.2) is 20.3 Å². The van der Waals surface area contributed by atoms with Crippen LogP contribution in [-0.2, 0) is 4.74 Å². The maximum Gasteiger partial charge on any atom is 0.133 e. The second-order valence-corrected chi connectivity index (χ2v) is 6.57. The first-order valence-corrected chi connectivity index (χ1v) is 8.44. The summed E-state index contributed by atoms with van der Waals surface area (Å²) < 4.78 is 11.6. The molecule has 2 aromatic rings. The summed E-state index contributed by atoms with van der Waals surface area (Å²) in [4.78, 5) is 0.169. The number of hydrogen-bond acceptors (Lipinski definition) is 2. The fourth-order valence-corrected chi connectivity index (χ4v) is 3.06. The minimum Gasteiger partial charge on any atom is -0.490 e. The van der Waals surface area contributed by atoms with Crippen LogP contribution in [0.1, 0.15) is 21.5 Å². The number of rotatable bonds is 6. The lowest BCUT2D eigenvalue weighted by atomic mass is 10.0. The van der Waals surface area contributed by atoms with Crippen LogP contribution in [0.15, 0.2) is 46.9 Å². The van der Waals surface area contributed by atoms with Gasteiger partial charge in [0.05, 0.1) is 15.9 Å². The summed E-state index contributed by atoms with van der Waals surface area (Å²) in [6.45, 7) is 3.22. The maximum atomic E-state index is 5.65. The topological polar surface area (TPSA) is 18.5 Å². The van der Waals surface area contributed by atoms with Gasteiger partial charge in [-0.05, 0) is 46.1 Å². The van der Waals surface area contributed by atoms with E-state index in [1.54, 1.807) is 7.11 Å². The lowest BCUT2D eigenvalue weighted by molar-refractivity contribution is 0.146. The van der Waals surface area contributed by atoms with Crippen molar-refractivity contribution in [3.63, 3.8) is 0 Å². The number of benzene rings is 2.